The molecule has 0 unspecified atom stereocenters. The molecule has 1 heterocycles. The Morgan fingerprint density at radius 3 is 2.50 bits per heavy atom. The minimum absolute atomic E-state index is 0.311. The van der Waals surface area contributed by atoms with Crippen LogP contribution in [0.5, 0.6) is 11.5 Å². The maximum absolute atomic E-state index is 12.3. The quantitative estimate of drug-likeness (QED) is 0.512. The zero-order valence-corrected chi connectivity index (χ0v) is 14.5. The predicted octanol–water partition coefficient (Wildman–Crippen LogP) is 4.65. The lowest BCUT2D eigenvalue weighted by molar-refractivity contribution is 0.0728. The normalized spacial score (nSPS) is 10.5. The number of rotatable bonds is 4. The summed E-state index contributed by atoms with van der Waals surface area (Å²) < 4.78 is 10.6. The first-order valence-electron chi connectivity index (χ1n) is 7.46. The van der Waals surface area contributed by atoms with Gasteiger partial charge in [-0.3, -0.25) is 0 Å². The van der Waals surface area contributed by atoms with Crippen LogP contribution in [0.2, 0.25) is 0 Å². The second-order valence-electron chi connectivity index (χ2n) is 5.42. The van der Waals surface area contributed by atoms with Crippen LogP contribution < -0.4 is 9.47 Å². The van der Waals surface area contributed by atoms with E-state index in [1.54, 1.807) is 18.6 Å². The number of hydrogen-bond donors (Lipinski definition) is 0. The molecule has 3 rings (SSSR count). The molecule has 0 aliphatic rings. The van der Waals surface area contributed by atoms with E-state index >= 15 is 0 Å². The molecule has 5 heteroatoms. The van der Waals surface area contributed by atoms with Crippen molar-refractivity contribution < 1.29 is 14.3 Å². The lowest BCUT2D eigenvalue weighted by atomic mass is 10.1. The third-order valence-electron chi connectivity index (χ3n) is 3.58. The van der Waals surface area contributed by atoms with Crippen molar-refractivity contribution in [2.75, 3.05) is 7.11 Å². The van der Waals surface area contributed by atoms with Gasteiger partial charge in [0.2, 0.25) is 0 Å². The minimum Gasteiger partial charge on any atom is -0.497 e. The summed E-state index contributed by atoms with van der Waals surface area (Å²) in [6, 6.07) is 13.3. The molecule has 0 N–H and O–H groups in total. The lowest BCUT2D eigenvalue weighted by Crippen LogP contribution is -2.09. The van der Waals surface area contributed by atoms with E-state index in [1.165, 1.54) is 11.3 Å². The molecule has 2 aromatic carbocycles. The van der Waals surface area contributed by atoms with E-state index in [0.29, 0.717) is 11.4 Å². The van der Waals surface area contributed by atoms with Gasteiger partial charge in [-0.1, -0.05) is 17.7 Å². The van der Waals surface area contributed by atoms with Crippen LogP contribution in [0.1, 0.15) is 21.6 Å². The highest BCUT2D eigenvalue weighted by molar-refractivity contribution is 7.13. The summed E-state index contributed by atoms with van der Waals surface area (Å²) in [6.07, 6.45) is 0. The molecule has 0 saturated heterocycles. The van der Waals surface area contributed by atoms with Gasteiger partial charge < -0.3 is 9.47 Å². The number of carbonyl (C=O) groups excluding carboxylic acids is 1. The van der Waals surface area contributed by atoms with Crippen LogP contribution in [0.3, 0.4) is 0 Å². The van der Waals surface area contributed by atoms with Gasteiger partial charge >= 0.3 is 5.97 Å². The molecule has 1 aromatic heterocycles. The van der Waals surface area contributed by atoms with Crippen LogP contribution in [0.4, 0.5) is 0 Å². The van der Waals surface area contributed by atoms with E-state index in [2.05, 4.69) is 4.98 Å². The van der Waals surface area contributed by atoms with Gasteiger partial charge in [-0.05, 0) is 49.7 Å². The van der Waals surface area contributed by atoms with Gasteiger partial charge in [-0.15, -0.1) is 11.3 Å². The van der Waals surface area contributed by atoms with Gasteiger partial charge in [0.1, 0.15) is 16.5 Å². The average molecular weight is 339 g/mol. The fraction of sp³-hybridized carbons (Fsp3) is 0.158. The van der Waals surface area contributed by atoms with E-state index in [1.807, 2.05) is 50.2 Å². The van der Waals surface area contributed by atoms with Crippen molar-refractivity contribution in [3.05, 3.63) is 64.7 Å². The Labute approximate surface area is 144 Å². The average Bonchev–Trinajstić information content (AvgIpc) is 3.07. The van der Waals surface area contributed by atoms with E-state index in [-0.39, 0.29) is 0 Å². The largest absolute Gasteiger partial charge is 0.497 e. The Morgan fingerprint density at radius 1 is 1.08 bits per heavy atom. The standard InChI is InChI=1S/C19H17NO3S/c1-12-4-9-17(13(2)10-12)23-19(21)16-11-24-18(20-16)14-5-7-15(22-3)8-6-14/h4-11H,1-3H3. The van der Waals surface area contributed by atoms with Crippen molar-refractivity contribution in [1.82, 2.24) is 4.98 Å². The molecule has 0 atom stereocenters. The fourth-order valence-electron chi connectivity index (χ4n) is 2.30. The van der Waals surface area contributed by atoms with E-state index in [4.69, 9.17) is 9.47 Å². The zero-order chi connectivity index (χ0) is 17.1. The van der Waals surface area contributed by atoms with Crippen LogP contribution >= 0.6 is 11.3 Å². The summed E-state index contributed by atoms with van der Waals surface area (Å²) in [6.45, 7) is 3.92. The van der Waals surface area contributed by atoms with Gasteiger partial charge in [0, 0.05) is 10.9 Å². The molecular formula is C19H17NO3S. The number of esters is 1. The van der Waals surface area contributed by atoms with Crippen LogP contribution in [0.25, 0.3) is 10.6 Å². The number of thiazole rings is 1. The monoisotopic (exact) mass is 339 g/mol. The Balaban J connectivity index is 1.77. The smallest absolute Gasteiger partial charge is 0.363 e. The molecule has 0 aliphatic heterocycles. The van der Waals surface area contributed by atoms with Crippen molar-refractivity contribution in [3.63, 3.8) is 0 Å². The molecule has 0 radical (unpaired) electrons. The van der Waals surface area contributed by atoms with Crippen LogP contribution in [-0.2, 0) is 0 Å². The highest BCUT2D eigenvalue weighted by Gasteiger charge is 2.15. The molecule has 4 nitrogen and oxygen atoms in total. The summed E-state index contributed by atoms with van der Waals surface area (Å²) in [5.41, 5.74) is 3.30. The van der Waals surface area contributed by atoms with E-state index in [9.17, 15) is 4.79 Å². The molecule has 24 heavy (non-hydrogen) atoms. The topological polar surface area (TPSA) is 48.4 Å². The minimum atomic E-state index is -0.446. The molecule has 0 amide bonds. The molecule has 0 aliphatic carbocycles. The van der Waals surface area contributed by atoms with Crippen molar-refractivity contribution in [3.8, 4) is 22.1 Å². The number of nitrogens with zero attached hydrogens (tertiary/aromatic N) is 1. The first-order valence-corrected chi connectivity index (χ1v) is 8.34. The molecule has 0 bridgehead atoms. The molecular weight excluding hydrogens is 322 g/mol. The third-order valence-corrected chi connectivity index (χ3v) is 4.47. The van der Waals surface area contributed by atoms with Crippen LogP contribution in [-0.4, -0.2) is 18.1 Å². The maximum atomic E-state index is 12.3. The number of hydrogen-bond acceptors (Lipinski definition) is 5. The lowest BCUT2D eigenvalue weighted by Gasteiger charge is -2.06. The Hall–Kier alpha value is -2.66. The molecule has 0 spiro atoms. The summed E-state index contributed by atoms with van der Waals surface area (Å²) in [4.78, 5) is 16.7. The zero-order valence-electron chi connectivity index (χ0n) is 13.7. The summed E-state index contributed by atoms with van der Waals surface area (Å²) in [7, 11) is 1.62. The Morgan fingerprint density at radius 2 is 1.83 bits per heavy atom. The van der Waals surface area contributed by atoms with E-state index < -0.39 is 5.97 Å². The molecule has 3 aromatic rings. The van der Waals surface area contributed by atoms with Crippen LogP contribution in [0, 0.1) is 13.8 Å². The molecule has 0 fully saturated rings. The number of aromatic nitrogens is 1. The van der Waals surface area contributed by atoms with Crippen molar-refractivity contribution >= 4 is 17.3 Å². The summed E-state index contributed by atoms with van der Waals surface area (Å²) in [5.74, 6) is 0.896. The van der Waals surface area contributed by atoms with Gasteiger partial charge in [0.05, 0.1) is 7.11 Å². The van der Waals surface area contributed by atoms with Crippen molar-refractivity contribution in [2.24, 2.45) is 0 Å². The highest BCUT2D eigenvalue weighted by atomic mass is 32.1. The first-order chi connectivity index (χ1) is 11.6. The third kappa shape index (κ3) is 3.46. The first kappa shape index (κ1) is 16.2. The number of benzene rings is 2. The SMILES string of the molecule is COc1ccc(-c2nc(C(=O)Oc3ccc(C)cc3C)cs2)cc1. The second kappa shape index (κ2) is 6.84. The van der Waals surface area contributed by atoms with Gasteiger partial charge in [-0.2, -0.15) is 0 Å². The van der Waals surface area contributed by atoms with Gasteiger partial charge in [-0.25, -0.2) is 9.78 Å². The number of ether oxygens (including phenoxy) is 2. The second-order valence-corrected chi connectivity index (χ2v) is 6.28. The number of methoxy groups -OCH3 is 1. The highest BCUT2D eigenvalue weighted by Crippen LogP contribution is 2.27. The van der Waals surface area contributed by atoms with Crippen molar-refractivity contribution in [2.45, 2.75) is 13.8 Å². The van der Waals surface area contributed by atoms with Gasteiger partial charge in [0.15, 0.2) is 5.69 Å². The predicted molar refractivity (Wildman–Crippen MR) is 95.0 cm³/mol. The maximum Gasteiger partial charge on any atom is 0.363 e. The fourth-order valence-corrected chi connectivity index (χ4v) is 3.10. The Kier molecular flexibility index (Phi) is 4.62. The number of aryl methyl sites for hydroxylation is 2. The van der Waals surface area contributed by atoms with Crippen molar-refractivity contribution in [1.29, 1.82) is 0 Å². The Bertz CT molecular complexity index is 869. The molecule has 122 valence electrons. The van der Waals surface area contributed by atoms with Gasteiger partial charge in [0.25, 0.3) is 0 Å². The molecule has 0 saturated carbocycles. The summed E-state index contributed by atoms with van der Waals surface area (Å²) in [5, 5.41) is 2.48. The summed E-state index contributed by atoms with van der Waals surface area (Å²) >= 11 is 1.41. The number of carbonyl (C=O) groups is 1. The van der Waals surface area contributed by atoms with E-state index in [0.717, 1.165) is 27.4 Å². The van der Waals surface area contributed by atoms with Crippen LogP contribution in [0.15, 0.2) is 47.8 Å².